The van der Waals surface area contributed by atoms with Crippen LogP contribution in [0.1, 0.15) is 11.1 Å². The van der Waals surface area contributed by atoms with Crippen molar-refractivity contribution in [3.05, 3.63) is 39.8 Å². The monoisotopic (exact) mass is 183 g/mol. The molecule has 0 fully saturated rings. The summed E-state index contributed by atoms with van der Waals surface area (Å²) in [6.45, 7) is 1.92. The summed E-state index contributed by atoms with van der Waals surface area (Å²) in [7, 11) is 0. The Kier molecular flexibility index (Phi) is 3.11. The second-order valence-corrected chi connectivity index (χ2v) is 2.83. The lowest BCUT2D eigenvalue weighted by atomic mass is 10.2. The first-order valence-electron chi connectivity index (χ1n) is 3.66. The first-order valence-corrected chi connectivity index (χ1v) is 4.19. The lowest BCUT2D eigenvalue weighted by Gasteiger charge is -1.93. The summed E-state index contributed by atoms with van der Waals surface area (Å²) in [6, 6.07) is 1.82. The van der Waals surface area contributed by atoms with Crippen LogP contribution in [0.15, 0.2) is 23.1 Å². The van der Waals surface area contributed by atoms with Crippen molar-refractivity contribution >= 4 is 17.7 Å². The molecule has 3 heteroatoms. The lowest BCUT2D eigenvalue weighted by Crippen LogP contribution is -2.08. The summed E-state index contributed by atoms with van der Waals surface area (Å²) < 4.78 is 0. The van der Waals surface area contributed by atoms with E-state index < -0.39 is 0 Å². The van der Waals surface area contributed by atoms with Crippen molar-refractivity contribution in [2.75, 3.05) is 5.88 Å². The minimum Gasteiger partial charge on any atom is -0.328 e. The van der Waals surface area contributed by atoms with Crippen molar-refractivity contribution in [3.8, 4) is 0 Å². The Hall–Kier alpha value is -1.02. The SMILES string of the molecule is Cc1c[nH]c(=O)c(C=CCCl)c1. The maximum atomic E-state index is 11.1. The van der Waals surface area contributed by atoms with Crippen LogP contribution in [0.2, 0.25) is 0 Å². The van der Waals surface area contributed by atoms with Crippen molar-refractivity contribution in [2.45, 2.75) is 6.92 Å². The summed E-state index contributed by atoms with van der Waals surface area (Å²) in [6.07, 6.45) is 5.14. The van der Waals surface area contributed by atoms with E-state index in [1.807, 2.05) is 13.0 Å². The van der Waals surface area contributed by atoms with E-state index in [1.54, 1.807) is 18.3 Å². The predicted octanol–water partition coefficient (Wildman–Crippen LogP) is 1.94. The molecule has 0 amide bonds. The number of hydrogen-bond acceptors (Lipinski definition) is 1. The van der Waals surface area contributed by atoms with Crippen LogP contribution >= 0.6 is 11.6 Å². The van der Waals surface area contributed by atoms with Gasteiger partial charge >= 0.3 is 0 Å². The molecule has 0 aromatic carbocycles. The summed E-state index contributed by atoms with van der Waals surface area (Å²) in [5.74, 6) is 0.424. The maximum absolute atomic E-state index is 11.1. The highest BCUT2D eigenvalue weighted by molar-refractivity contribution is 6.19. The Morgan fingerprint density at radius 3 is 3.08 bits per heavy atom. The fourth-order valence-corrected chi connectivity index (χ4v) is 1.000. The largest absolute Gasteiger partial charge is 0.328 e. The van der Waals surface area contributed by atoms with Gasteiger partial charge in [0.1, 0.15) is 0 Å². The molecule has 0 aliphatic carbocycles. The van der Waals surface area contributed by atoms with Gasteiger partial charge in [-0.05, 0) is 18.6 Å². The fraction of sp³-hybridized carbons (Fsp3) is 0.222. The normalized spacial score (nSPS) is 10.8. The average molecular weight is 184 g/mol. The predicted molar refractivity (Wildman–Crippen MR) is 51.6 cm³/mol. The second-order valence-electron chi connectivity index (χ2n) is 2.52. The van der Waals surface area contributed by atoms with Gasteiger partial charge in [0.15, 0.2) is 0 Å². The molecule has 1 aromatic rings. The molecule has 0 saturated carbocycles. The number of nitrogens with one attached hydrogen (secondary N) is 1. The van der Waals surface area contributed by atoms with Crippen LogP contribution in [0.5, 0.6) is 0 Å². The number of alkyl halides is 1. The molecular weight excluding hydrogens is 174 g/mol. The van der Waals surface area contributed by atoms with E-state index in [-0.39, 0.29) is 5.56 Å². The Morgan fingerprint density at radius 2 is 2.42 bits per heavy atom. The van der Waals surface area contributed by atoms with Gasteiger partial charge in [0, 0.05) is 17.6 Å². The average Bonchev–Trinajstić information content (AvgIpc) is 2.07. The van der Waals surface area contributed by atoms with E-state index in [0.717, 1.165) is 5.56 Å². The second kappa shape index (κ2) is 4.12. The van der Waals surface area contributed by atoms with Crippen LogP contribution in [0, 0.1) is 6.92 Å². The number of aryl methyl sites for hydroxylation is 1. The first kappa shape index (κ1) is 9.07. The third-order valence-corrected chi connectivity index (χ3v) is 1.64. The van der Waals surface area contributed by atoms with Crippen molar-refractivity contribution in [3.63, 3.8) is 0 Å². The molecule has 2 nitrogen and oxygen atoms in total. The Bertz CT molecular complexity index is 341. The minimum atomic E-state index is -0.0815. The van der Waals surface area contributed by atoms with E-state index in [4.69, 9.17) is 11.6 Å². The topological polar surface area (TPSA) is 32.9 Å². The molecule has 0 spiro atoms. The molecular formula is C9H10ClNO. The molecule has 64 valence electrons. The molecule has 12 heavy (non-hydrogen) atoms. The number of rotatable bonds is 2. The molecule has 1 heterocycles. The number of allylic oxidation sites excluding steroid dienone is 1. The molecule has 0 bridgehead atoms. The van der Waals surface area contributed by atoms with Gasteiger partial charge in [0.25, 0.3) is 5.56 Å². The van der Waals surface area contributed by atoms with Gasteiger partial charge in [0.05, 0.1) is 0 Å². The Morgan fingerprint density at radius 1 is 1.67 bits per heavy atom. The lowest BCUT2D eigenvalue weighted by molar-refractivity contribution is 1.19. The van der Waals surface area contributed by atoms with Crippen molar-refractivity contribution in [2.24, 2.45) is 0 Å². The van der Waals surface area contributed by atoms with Gasteiger partial charge in [0.2, 0.25) is 0 Å². The molecule has 0 unspecified atom stereocenters. The van der Waals surface area contributed by atoms with Crippen LogP contribution in [-0.4, -0.2) is 10.9 Å². The highest BCUT2D eigenvalue weighted by Gasteiger charge is 1.93. The number of aromatic nitrogens is 1. The highest BCUT2D eigenvalue weighted by Crippen LogP contribution is 1.98. The van der Waals surface area contributed by atoms with E-state index >= 15 is 0 Å². The van der Waals surface area contributed by atoms with Gasteiger partial charge < -0.3 is 4.98 Å². The van der Waals surface area contributed by atoms with Gasteiger partial charge in [-0.25, -0.2) is 0 Å². The zero-order valence-electron chi connectivity index (χ0n) is 6.80. The van der Waals surface area contributed by atoms with Gasteiger partial charge in [-0.1, -0.05) is 12.2 Å². The number of pyridine rings is 1. The molecule has 0 aliphatic rings. The van der Waals surface area contributed by atoms with E-state index in [2.05, 4.69) is 4.98 Å². The van der Waals surface area contributed by atoms with E-state index in [9.17, 15) is 4.79 Å². The summed E-state index contributed by atoms with van der Waals surface area (Å²) in [5.41, 5.74) is 1.60. The molecule has 0 saturated heterocycles. The van der Waals surface area contributed by atoms with Crippen LogP contribution in [0.3, 0.4) is 0 Å². The van der Waals surface area contributed by atoms with Gasteiger partial charge in [-0.15, -0.1) is 11.6 Å². The number of H-pyrrole nitrogens is 1. The van der Waals surface area contributed by atoms with Crippen LogP contribution in [-0.2, 0) is 0 Å². The van der Waals surface area contributed by atoms with E-state index in [1.165, 1.54) is 0 Å². The molecule has 1 aromatic heterocycles. The van der Waals surface area contributed by atoms with Gasteiger partial charge in [-0.2, -0.15) is 0 Å². The van der Waals surface area contributed by atoms with Crippen molar-refractivity contribution in [1.82, 2.24) is 4.98 Å². The van der Waals surface area contributed by atoms with E-state index in [0.29, 0.717) is 11.4 Å². The first-order chi connectivity index (χ1) is 5.74. The van der Waals surface area contributed by atoms with Gasteiger partial charge in [-0.3, -0.25) is 4.79 Å². The molecule has 0 atom stereocenters. The molecule has 1 N–H and O–H groups in total. The minimum absolute atomic E-state index is 0.0815. The summed E-state index contributed by atoms with van der Waals surface area (Å²) in [4.78, 5) is 13.8. The third kappa shape index (κ3) is 2.24. The molecule has 0 radical (unpaired) electrons. The Balaban J connectivity index is 3.06. The van der Waals surface area contributed by atoms with Crippen molar-refractivity contribution in [1.29, 1.82) is 0 Å². The number of aromatic amines is 1. The number of halogens is 1. The zero-order chi connectivity index (χ0) is 8.97. The standard InChI is InChI=1S/C9H10ClNO/c1-7-5-8(3-2-4-10)9(12)11-6-7/h2-3,5-6H,4H2,1H3,(H,11,12). The Labute approximate surface area is 75.9 Å². The van der Waals surface area contributed by atoms with Crippen LogP contribution < -0.4 is 5.56 Å². The zero-order valence-corrected chi connectivity index (χ0v) is 7.56. The molecule has 1 rings (SSSR count). The third-order valence-electron chi connectivity index (χ3n) is 1.46. The highest BCUT2D eigenvalue weighted by atomic mass is 35.5. The quantitative estimate of drug-likeness (QED) is 0.699. The molecule has 0 aliphatic heterocycles. The van der Waals surface area contributed by atoms with Crippen LogP contribution in [0.25, 0.3) is 6.08 Å². The summed E-state index contributed by atoms with van der Waals surface area (Å²) >= 11 is 5.44. The summed E-state index contributed by atoms with van der Waals surface area (Å²) in [5, 5.41) is 0. The van der Waals surface area contributed by atoms with Crippen LogP contribution in [0.4, 0.5) is 0 Å². The maximum Gasteiger partial charge on any atom is 0.255 e. The van der Waals surface area contributed by atoms with Crippen molar-refractivity contribution < 1.29 is 0 Å². The smallest absolute Gasteiger partial charge is 0.255 e. The number of hydrogen-bond donors (Lipinski definition) is 1. The fourth-order valence-electron chi connectivity index (χ4n) is 0.911.